The summed E-state index contributed by atoms with van der Waals surface area (Å²) in [5.41, 5.74) is 4.38. The fraction of sp³-hybridized carbons (Fsp3) is 0.458. The van der Waals surface area contributed by atoms with Gasteiger partial charge in [-0.25, -0.2) is 0 Å². The zero-order chi connectivity index (χ0) is 18.7. The molecule has 0 radical (unpaired) electrons. The van der Waals surface area contributed by atoms with E-state index >= 15 is 0 Å². The third-order valence-electron chi connectivity index (χ3n) is 5.96. The van der Waals surface area contributed by atoms with Crippen LogP contribution in [-0.4, -0.2) is 16.5 Å². The van der Waals surface area contributed by atoms with E-state index in [9.17, 15) is 9.90 Å². The number of fused-ring (bicyclic) bond motifs is 3. The number of hydrogen-bond acceptors (Lipinski definition) is 2. The van der Waals surface area contributed by atoms with Crippen LogP contribution in [0.25, 0.3) is 11.1 Å². The van der Waals surface area contributed by atoms with Gasteiger partial charge in [0.2, 0.25) is 0 Å². The molecular formula is C24H30O2. The van der Waals surface area contributed by atoms with Crippen molar-refractivity contribution >= 4 is 5.78 Å². The maximum atomic E-state index is 13.2. The molecule has 2 unspecified atom stereocenters. The molecule has 0 saturated heterocycles. The van der Waals surface area contributed by atoms with Crippen molar-refractivity contribution in [1.82, 2.24) is 0 Å². The fourth-order valence-corrected chi connectivity index (χ4v) is 4.29. The minimum atomic E-state index is -1.25. The van der Waals surface area contributed by atoms with Crippen LogP contribution in [0.3, 0.4) is 0 Å². The van der Waals surface area contributed by atoms with Crippen molar-refractivity contribution in [3.05, 3.63) is 59.2 Å². The van der Waals surface area contributed by atoms with Crippen LogP contribution < -0.4 is 0 Å². The fourth-order valence-electron chi connectivity index (χ4n) is 4.29. The van der Waals surface area contributed by atoms with E-state index in [0.717, 1.165) is 25.7 Å². The summed E-state index contributed by atoms with van der Waals surface area (Å²) in [7, 11) is 0. The van der Waals surface area contributed by atoms with Crippen LogP contribution in [0.4, 0.5) is 0 Å². The quantitative estimate of drug-likeness (QED) is 0.521. The molecule has 0 aliphatic heterocycles. The van der Waals surface area contributed by atoms with Crippen molar-refractivity contribution in [2.24, 2.45) is 5.92 Å². The lowest BCUT2D eigenvalue weighted by molar-refractivity contribution is 0.0149. The normalized spacial score (nSPS) is 15.8. The van der Waals surface area contributed by atoms with Gasteiger partial charge in [-0.2, -0.15) is 0 Å². The molecule has 2 aromatic carbocycles. The Balaban J connectivity index is 1.86. The average Bonchev–Trinajstić information content (AvgIpc) is 3.04. The van der Waals surface area contributed by atoms with Gasteiger partial charge >= 0.3 is 0 Å². The van der Waals surface area contributed by atoms with Crippen molar-refractivity contribution in [3.8, 4) is 11.1 Å². The van der Waals surface area contributed by atoms with E-state index in [-0.39, 0.29) is 5.78 Å². The maximum absolute atomic E-state index is 13.2. The van der Waals surface area contributed by atoms with Gasteiger partial charge in [-0.15, -0.1) is 0 Å². The van der Waals surface area contributed by atoms with E-state index in [1.807, 2.05) is 25.1 Å². The minimum absolute atomic E-state index is 0.117. The summed E-state index contributed by atoms with van der Waals surface area (Å²) in [5.74, 6) is 0.279. The van der Waals surface area contributed by atoms with Crippen LogP contribution >= 0.6 is 0 Å². The highest BCUT2D eigenvalue weighted by Crippen LogP contribution is 2.38. The van der Waals surface area contributed by atoms with E-state index in [2.05, 4.69) is 38.1 Å². The largest absolute Gasteiger partial charge is 0.382 e. The van der Waals surface area contributed by atoms with E-state index in [1.54, 1.807) is 0 Å². The number of rotatable bonds is 8. The van der Waals surface area contributed by atoms with Gasteiger partial charge in [0, 0.05) is 5.56 Å². The van der Waals surface area contributed by atoms with Gasteiger partial charge in [0.25, 0.3) is 0 Å². The standard InChI is InChI=1S/C24H30O2/c1-4-9-17(5-2)16-24(26,6-3)23(25)19-12-13-22-20(15-19)14-18-10-7-8-11-21(18)22/h7-8,10-13,15,17,26H,4-6,9,14,16H2,1-3H3. The second-order valence-corrected chi connectivity index (χ2v) is 7.69. The number of aliphatic hydroxyl groups is 1. The van der Waals surface area contributed by atoms with Crippen molar-refractivity contribution in [3.63, 3.8) is 0 Å². The second kappa shape index (κ2) is 7.75. The molecular weight excluding hydrogens is 320 g/mol. The number of hydrogen-bond donors (Lipinski definition) is 1. The molecule has 0 amide bonds. The Labute approximate surface area is 157 Å². The zero-order valence-electron chi connectivity index (χ0n) is 16.2. The molecule has 1 aliphatic rings. The third-order valence-corrected chi connectivity index (χ3v) is 5.96. The molecule has 0 saturated carbocycles. The summed E-state index contributed by atoms with van der Waals surface area (Å²) in [4.78, 5) is 13.2. The summed E-state index contributed by atoms with van der Waals surface area (Å²) >= 11 is 0. The Morgan fingerprint density at radius 1 is 1.08 bits per heavy atom. The average molecular weight is 351 g/mol. The molecule has 138 valence electrons. The first kappa shape index (κ1) is 18.8. The molecule has 1 N–H and O–H groups in total. The smallest absolute Gasteiger partial charge is 0.194 e. The van der Waals surface area contributed by atoms with Gasteiger partial charge in [0.05, 0.1) is 0 Å². The van der Waals surface area contributed by atoms with Crippen molar-refractivity contribution in [2.45, 2.75) is 64.9 Å². The van der Waals surface area contributed by atoms with Crippen LogP contribution in [0.2, 0.25) is 0 Å². The molecule has 3 rings (SSSR count). The Kier molecular flexibility index (Phi) is 5.62. The van der Waals surface area contributed by atoms with Crippen molar-refractivity contribution in [2.75, 3.05) is 0 Å². The highest BCUT2D eigenvalue weighted by molar-refractivity contribution is 6.03. The van der Waals surface area contributed by atoms with Crippen molar-refractivity contribution in [1.29, 1.82) is 0 Å². The predicted octanol–water partition coefficient (Wildman–Crippen LogP) is 5.80. The van der Waals surface area contributed by atoms with Gasteiger partial charge in [0.15, 0.2) is 5.78 Å². The summed E-state index contributed by atoms with van der Waals surface area (Å²) in [6.45, 7) is 6.22. The Morgan fingerprint density at radius 3 is 2.50 bits per heavy atom. The van der Waals surface area contributed by atoms with Gasteiger partial charge in [-0.3, -0.25) is 4.79 Å². The third kappa shape index (κ3) is 3.48. The van der Waals surface area contributed by atoms with Crippen LogP contribution in [0.5, 0.6) is 0 Å². The topological polar surface area (TPSA) is 37.3 Å². The predicted molar refractivity (Wildman–Crippen MR) is 108 cm³/mol. The van der Waals surface area contributed by atoms with Gasteiger partial charge in [0.1, 0.15) is 5.60 Å². The van der Waals surface area contributed by atoms with Gasteiger partial charge in [-0.05, 0) is 53.5 Å². The number of ketones is 1. The summed E-state index contributed by atoms with van der Waals surface area (Å²) < 4.78 is 0. The molecule has 1 aliphatic carbocycles. The molecule has 2 atom stereocenters. The van der Waals surface area contributed by atoms with Crippen LogP contribution in [0.1, 0.15) is 74.4 Å². The minimum Gasteiger partial charge on any atom is -0.382 e. The van der Waals surface area contributed by atoms with Crippen LogP contribution in [0, 0.1) is 5.92 Å². The lowest BCUT2D eigenvalue weighted by Crippen LogP contribution is -2.40. The summed E-state index contributed by atoms with van der Waals surface area (Å²) in [6, 6.07) is 14.3. The van der Waals surface area contributed by atoms with E-state index in [0.29, 0.717) is 24.3 Å². The summed E-state index contributed by atoms with van der Waals surface area (Å²) in [5, 5.41) is 11.1. The zero-order valence-corrected chi connectivity index (χ0v) is 16.2. The molecule has 0 spiro atoms. The maximum Gasteiger partial charge on any atom is 0.194 e. The monoisotopic (exact) mass is 350 g/mol. The lowest BCUT2D eigenvalue weighted by atomic mass is 9.79. The molecule has 0 heterocycles. The first-order valence-electron chi connectivity index (χ1n) is 10.0. The highest BCUT2D eigenvalue weighted by atomic mass is 16.3. The van der Waals surface area contributed by atoms with Gasteiger partial charge in [-0.1, -0.05) is 76.4 Å². The van der Waals surface area contributed by atoms with E-state index in [1.165, 1.54) is 22.3 Å². The first-order valence-corrected chi connectivity index (χ1v) is 10.0. The first-order chi connectivity index (χ1) is 12.5. The molecule has 0 bridgehead atoms. The number of benzene rings is 2. The Hall–Kier alpha value is -1.93. The molecule has 2 heteroatoms. The molecule has 0 fully saturated rings. The van der Waals surface area contributed by atoms with Crippen LogP contribution in [-0.2, 0) is 6.42 Å². The second-order valence-electron chi connectivity index (χ2n) is 7.69. The number of carbonyl (C=O) groups excluding carboxylic acids is 1. The Bertz CT molecular complexity index is 793. The molecule has 2 nitrogen and oxygen atoms in total. The number of Topliss-reactive ketones (excluding diaryl/α,β-unsaturated/α-hetero) is 1. The van der Waals surface area contributed by atoms with Crippen molar-refractivity contribution < 1.29 is 9.90 Å². The van der Waals surface area contributed by atoms with Crippen LogP contribution in [0.15, 0.2) is 42.5 Å². The van der Waals surface area contributed by atoms with Gasteiger partial charge < -0.3 is 5.11 Å². The molecule has 2 aromatic rings. The van der Waals surface area contributed by atoms with E-state index in [4.69, 9.17) is 0 Å². The SMILES string of the molecule is CCCC(CC)CC(O)(CC)C(=O)c1ccc2c(c1)Cc1ccccc1-2. The lowest BCUT2D eigenvalue weighted by Gasteiger charge is -2.29. The molecule has 26 heavy (non-hydrogen) atoms. The molecule has 0 aromatic heterocycles. The van der Waals surface area contributed by atoms with E-state index < -0.39 is 5.60 Å². The highest BCUT2D eigenvalue weighted by Gasteiger charge is 2.37. The number of carbonyl (C=O) groups is 1. The summed E-state index contributed by atoms with van der Waals surface area (Å²) in [6.07, 6.45) is 5.04. The Morgan fingerprint density at radius 2 is 1.81 bits per heavy atom.